The summed E-state index contributed by atoms with van der Waals surface area (Å²) in [6.07, 6.45) is 5.41. The minimum atomic E-state index is -0.0669. The molecule has 5 rings (SSSR count). The smallest absolute Gasteiger partial charge is 0.289 e. The molecule has 6 nitrogen and oxygen atoms in total. The van der Waals surface area contributed by atoms with Crippen LogP contribution in [0.2, 0.25) is 0 Å². The highest BCUT2D eigenvalue weighted by Crippen LogP contribution is 2.45. The van der Waals surface area contributed by atoms with E-state index in [9.17, 15) is 4.79 Å². The Morgan fingerprint density at radius 3 is 2.85 bits per heavy atom. The molecule has 27 heavy (non-hydrogen) atoms. The first-order valence-electron chi connectivity index (χ1n) is 9.24. The Morgan fingerprint density at radius 1 is 1.19 bits per heavy atom. The van der Waals surface area contributed by atoms with Crippen molar-refractivity contribution in [3.63, 3.8) is 0 Å². The number of nitrogens with zero attached hydrogens (tertiary/aromatic N) is 3. The molecule has 1 spiro atoms. The van der Waals surface area contributed by atoms with Crippen molar-refractivity contribution in [1.29, 1.82) is 0 Å². The molecule has 0 bridgehead atoms. The van der Waals surface area contributed by atoms with Crippen LogP contribution in [0, 0.1) is 0 Å². The van der Waals surface area contributed by atoms with E-state index in [2.05, 4.69) is 10.6 Å². The van der Waals surface area contributed by atoms with Crippen LogP contribution in [0.25, 0.3) is 11.3 Å². The Hall–Kier alpha value is -3.02. The van der Waals surface area contributed by atoms with E-state index < -0.39 is 0 Å². The Bertz CT molecular complexity index is 992. The molecule has 138 valence electrons. The minimum absolute atomic E-state index is 0.0353. The second-order valence-corrected chi connectivity index (χ2v) is 7.30. The second kappa shape index (κ2) is 6.01. The number of likely N-dealkylation sites (tertiary alicyclic amines) is 1. The third-order valence-corrected chi connectivity index (χ3v) is 5.90. The normalized spacial score (nSPS) is 21.0. The first kappa shape index (κ1) is 16.2. The van der Waals surface area contributed by atoms with Crippen LogP contribution >= 0.6 is 0 Å². The molecule has 1 atom stereocenters. The number of rotatable bonds is 3. The van der Waals surface area contributed by atoms with Gasteiger partial charge in [0, 0.05) is 30.6 Å². The van der Waals surface area contributed by atoms with Gasteiger partial charge in [-0.15, -0.1) is 0 Å². The fourth-order valence-electron chi connectivity index (χ4n) is 4.52. The van der Waals surface area contributed by atoms with Crippen LogP contribution in [0.4, 0.5) is 0 Å². The van der Waals surface area contributed by atoms with Crippen molar-refractivity contribution in [2.75, 3.05) is 20.2 Å². The van der Waals surface area contributed by atoms with E-state index in [0.29, 0.717) is 12.3 Å². The molecule has 0 aliphatic carbocycles. The average molecular weight is 363 g/mol. The Morgan fingerprint density at radius 2 is 2.04 bits per heavy atom. The lowest BCUT2D eigenvalue weighted by molar-refractivity contribution is 0.0751. The Kier molecular flexibility index (Phi) is 3.60. The van der Waals surface area contributed by atoms with Gasteiger partial charge < -0.3 is 18.6 Å². The van der Waals surface area contributed by atoms with E-state index >= 15 is 0 Å². The number of aromatic nitrogens is 2. The number of carbonyl (C=O) groups is 1. The zero-order chi connectivity index (χ0) is 18.4. The number of imidazole rings is 1. The number of carbonyl (C=O) groups excluding carboxylic acids is 1. The molecule has 2 aliphatic heterocycles. The molecule has 1 amide bonds. The molecular formula is C21H21N3O3. The van der Waals surface area contributed by atoms with Gasteiger partial charge in [0.2, 0.25) is 0 Å². The van der Waals surface area contributed by atoms with Gasteiger partial charge in [0.1, 0.15) is 11.6 Å². The standard InChI is InChI=1S/C21H21N3O3/c1-26-17-6-3-2-5-15(17)16-13-22-20-21(9-11-24(16)20)8-10-23(14-21)19(25)18-7-4-12-27-18/h2-7,12-13H,8-11,14H2,1H3/t21-/m1/s1. The van der Waals surface area contributed by atoms with E-state index in [1.807, 2.05) is 29.3 Å². The lowest BCUT2D eigenvalue weighted by atomic mass is 9.85. The lowest BCUT2D eigenvalue weighted by Gasteiger charge is -2.22. The van der Waals surface area contributed by atoms with Gasteiger partial charge >= 0.3 is 0 Å². The SMILES string of the molecule is COc1ccccc1-c1cnc2n1CC[C@@]21CCN(C(=O)c2ccco2)C1. The van der Waals surface area contributed by atoms with E-state index in [4.69, 9.17) is 14.1 Å². The fraction of sp³-hybridized carbons (Fsp3) is 0.333. The number of para-hydroxylation sites is 1. The maximum Gasteiger partial charge on any atom is 0.289 e. The van der Waals surface area contributed by atoms with Crippen LogP contribution in [0.3, 0.4) is 0 Å². The van der Waals surface area contributed by atoms with Gasteiger partial charge in [-0.25, -0.2) is 4.98 Å². The van der Waals surface area contributed by atoms with Crippen LogP contribution < -0.4 is 4.74 Å². The summed E-state index contributed by atoms with van der Waals surface area (Å²) >= 11 is 0. The molecule has 0 saturated carbocycles. The van der Waals surface area contributed by atoms with E-state index in [1.54, 1.807) is 25.5 Å². The summed E-state index contributed by atoms with van der Waals surface area (Å²) in [5.74, 6) is 2.30. The van der Waals surface area contributed by atoms with E-state index in [-0.39, 0.29) is 11.3 Å². The second-order valence-electron chi connectivity index (χ2n) is 7.30. The molecule has 0 N–H and O–H groups in total. The van der Waals surface area contributed by atoms with Gasteiger partial charge in [-0.3, -0.25) is 4.79 Å². The number of hydrogen-bond acceptors (Lipinski definition) is 4. The number of hydrogen-bond donors (Lipinski definition) is 0. The number of ether oxygens (including phenoxy) is 1. The van der Waals surface area contributed by atoms with Crippen molar-refractivity contribution in [3.8, 4) is 17.0 Å². The van der Waals surface area contributed by atoms with E-state index in [1.165, 1.54) is 0 Å². The van der Waals surface area contributed by atoms with Crippen LogP contribution in [0.5, 0.6) is 5.75 Å². The van der Waals surface area contributed by atoms with Gasteiger partial charge in [0.05, 0.1) is 25.3 Å². The molecule has 1 aromatic carbocycles. The van der Waals surface area contributed by atoms with Gasteiger partial charge in [-0.1, -0.05) is 12.1 Å². The van der Waals surface area contributed by atoms with Crippen molar-refractivity contribution in [1.82, 2.24) is 14.5 Å². The van der Waals surface area contributed by atoms with Crippen molar-refractivity contribution >= 4 is 5.91 Å². The number of methoxy groups -OCH3 is 1. The molecule has 2 aliphatic rings. The summed E-state index contributed by atoms with van der Waals surface area (Å²) in [6, 6.07) is 11.5. The van der Waals surface area contributed by atoms with Crippen molar-refractivity contribution < 1.29 is 13.9 Å². The first-order chi connectivity index (χ1) is 13.2. The van der Waals surface area contributed by atoms with Crippen molar-refractivity contribution in [2.24, 2.45) is 0 Å². The Balaban J connectivity index is 1.46. The van der Waals surface area contributed by atoms with Crippen molar-refractivity contribution in [3.05, 3.63) is 60.4 Å². The largest absolute Gasteiger partial charge is 0.496 e. The van der Waals surface area contributed by atoms with Crippen LogP contribution in [0.15, 0.2) is 53.3 Å². The zero-order valence-corrected chi connectivity index (χ0v) is 15.2. The maximum atomic E-state index is 12.7. The van der Waals surface area contributed by atoms with Crippen LogP contribution in [-0.4, -0.2) is 40.6 Å². The monoisotopic (exact) mass is 363 g/mol. The molecule has 6 heteroatoms. The zero-order valence-electron chi connectivity index (χ0n) is 15.2. The summed E-state index contributed by atoms with van der Waals surface area (Å²) in [7, 11) is 1.69. The highest BCUT2D eigenvalue weighted by molar-refractivity contribution is 5.91. The molecule has 3 aromatic rings. The molecular weight excluding hydrogens is 342 g/mol. The number of benzene rings is 1. The molecule has 1 fully saturated rings. The first-order valence-corrected chi connectivity index (χ1v) is 9.24. The Labute approximate surface area is 157 Å². The molecule has 0 radical (unpaired) electrons. The van der Waals surface area contributed by atoms with Crippen LogP contribution in [-0.2, 0) is 12.0 Å². The molecule has 4 heterocycles. The molecule has 2 aromatic heterocycles. The van der Waals surface area contributed by atoms with Crippen molar-refractivity contribution in [2.45, 2.75) is 24.8 Å². The predicted molar refractivity (Wildman–Crippen MR) is 99.7 cm³/mol. The summed E-state index contributed by atoms with van der Waals surface area (Å²) in [5.41, 5.74) is 2.06. The summed E-state index contributed by atoms with van der Waals surface area (Å²) in [5, 5.41) is 0. The molecule has 0 unspecified atom stereocenters. The summed E-state index contributed by atoms with van der Waals surface area (Å²) < 4.78 is 13.1. The van der Waals surface area contributed by atoms with Gasteiger partial charge in [-0.05, 0) is 37.1 Å². The molecule has 1 saturated heterocycles. The number of furan rings is 1. The van der Waals surface area contributed by atoms with Gasteiger partial charge in [0.15, 0.2) is 5.76 Å². The predicted octanol–water partition coefficient (Wildman–Crippen LogP) is 3.34. The number of fused-ring (bicyclic) bond motifs is 2. The lowest BCUT2D eigenvalue weighted by Crippen LogP contribution is -2.33. The maximum absolute atomic E-state index is 12.7. The topological polar surface area (TPSA) is 60.5 Å². The van der Waals surface area contributed by atoms with Crippen LogP contribution in [0.1, 0.15) is 29.2 Å². The third-order valence-electron chi connectivity index (χ3n) is 5.90. The number of amides is 1. The average Bonchev–Trinajstić information content (AvgIpc) is 3.49. The quantitative estimate of drug-likeness (QED) is 0.716. The highest BCUT2D eigenvalue weighted by Gasteiger charge is 2.48. The van der Waals surface area contributed by atoms with E-state index in [0.717, 1.165) is 48.8 Å². The summed E-state index contributed by atoms with van der Waals surface area (Å²) in [4.78, 5) is 19.3. The minimum Gasteiger partial charge on any atom is -0.496 e. The third kappa shape index (κ3) is 2.40. The summed E-state index contributed by atoms with van der Waals surface area (Å²) in [6.45, 7) is 2.33. The van der Waals surface area contributed by atoms with Gasteiger partial charge in [-0.2, -0.15) is 0 Å². The fourth-order valence-corrected chi connectivity index (χ4v) is 4.52. The highest BCUT2D eigenvalue weighted by atomic mass is 16.5. The van der Waals surface area contributed by atoms with Gasteiger partial charge in [0.25, 0.3) is 5.91 Å².